The largest absolute Gasteiger partial charge is 0.357 e. The van der Waals surface area contributed by atoms with Crippen LogP contribution in [-0.2, 0) is 17.8 Å². The zero-order valence-electron chi connectivity index (χ0n) is 19.6. The minimum atomic E-state index is -0.0519. The Morgan fingerprint density at radius 2 is 1.84 bits per heavy atom. The average Bonchev–Trinajstić information content (AvgIpc) is 2.77. The van der Waals surface area contributed by atoms with Gasteiger partial charge in [0.25, 0.3) is 0 Å². The zero-order chi connectivity index (χ0) is 22.8. The summed E-state index contributed by atoms with van der Waals surface area (Å²) in [7, 11) is 0. The molecule has 0 spiro atoms. The lowest BCUT2D eigenvalue weighted by Gasteiger charge is -2.38. The number of carbonyl (C=O) groups is 1. The van der Waals surface area contributed by atoms with Crippen molar-refractivity contribution < 1.29 is 4.79 Å². The van der Waals surface area contributed by atoms with Crippen molar-refractivity contribution in [3.63, 3.8) is 0 Å². The van der Waals surface area contributed by atoms with Gasteiger partial charge in [-0.15, -0.1) is 0 Å². The predicted molar refractivity (Wildman–Crippen MR) is 133 cm³/mol. The summed E-state index contributed by atoms with van der Waals surface area (Å²) in [4.78, 5) is 18.5. The van der Waals surface area contributed by atoms with Gasteiger partial charge in [0.05, 0.1) is 0 Å². The molecule has 6 heteroatoms. The number of hydrogen-bond donors (Lipinski definition) is 3. The number of amides is 1. The maximum atomic E-state index is 11.1. The number of nitrogens with zero attached hydrogens (tertiary/aromatic N) is 2. The van der Waals surface area contributed by atoms with Crippen LogP contribution < -0.4 is 16.0 Å². The number of anilines is 1. The molecule has 2 aromatic rings. The first-order valence-corrected chi connectivity index (χ1v) is 11.7. The number of piperidine rings is 1. The number of guanidine groups is 1. The van der Waals surface area contributed by atoms with Gasteiger partial charge in [0.15, 0.2) is 5.96 Å². The maximum absolute atomic E-state index is 11.1. The van der Waals surface area contributed by atoms with Gasteiger partial charge in [-0.3, -0.25) is 14.7 Å². The first-order chi connectivity index (χ1) is 15.5. The highest BCUT2D eigenvalue weighted by Gasteiger charge is 2.25. The van der Waals surface area contributed by atoms with E-state index < -0.39 is 0 Å². The topological polar surface area (TPSA) is 68.8 Å². The van der Waals surface area contributed by atoms with E-state index in [1.54, 1.807) is 0 Å². The smallest absolute Gasteiger partial charge is 0.221 e. The van der Waals surface area contributed by atoms with E-state index in [1.807, 2.05) is 24.3 Å². The lowest BCUT2D eigenvalue weighted by atomic mass is 9.97. The number of aliphatic imine (C=N–C) groups is 1. The third kappa shape index (κ3) is 7.68. The van der Waals surface area contributed by atoms with E-state index in [2.05, 4.69) is 65.0 Å². The zero-order valence-corrected chi connectivity index (χ0v) is 19.6. The van der Waals surface area contributed by atoms with Crippen LogP contribution in [0.3, 0.4) is 0 Å². The van der Waals surface area contributed by atoms with E-state index in [1.165, 1.54) is 18.1 Å². The van der Waals surface area contributed by atoms with Gasteiger partial charge in [-0.2, -0.15) is 0 Å². The van der Waals surface area contributed by atoms with Gasteiger partial charge in [0.2, 0.25) is 5.91 Å². The number of likely N-dealkylation sites (tertiary alicyclic amines) is 1. The molecule has 0 aromatic heterocycles. The summed E-state index contributed by atoms with van der Waals surface area (Å²) in [5, 5.41) is 9.84. The molecular formula is C26H37N5O. The number of carbonyl (C=O) groups excluding carboxylic acids is 1. The van der Waals surface area contributed by atoms with Gasteiger partial charge in [-0.1, -0.05) is 42.5 Å². The molecule has 6 nitrogen and oxygen atoms in total. The minimum absolute atomic E-state index is 0.0519. The third-order valence-corrected chi connectivity index (χ3v) is 5.87. The fraction of sp³-hybridized carbons (Fsp3) is 0.462. The maximum Gasteiger partial charge on any atom is 0.221 e. The van der Waals surface area contributed by atoms with Crippen LogP contribution in [0, 0.1) is 0 Å². The lowest BCUT2D eigenvalue weighted by Crippen LogP contribution is -2.51. The summed E-state index contributed by atoms with van der Waals surface area (Å²) in [6.45, 7) is 9.62. The van der Waals surface area contributed by atoms with Crippen molar-refractivity contribution in [3.05, 3.63) is 65.7 Å². The average molecular weight is 436 g/mol. The van der Waals surface area contributed by atoms with Crippen LogP contribution in [0.2, 0.25) is 0 Å². The highest BCUT2D eigenvalue weighted by atomic mass is 16.1. The Morgan fingerprint density at radius 1 is 1.09 bits per heavy atom. The van der Waals surface area contributed by atoms with Crippen molar-refractivity contribution in [1.82, 2.24) is 15.5 Å². The summed E-state index contributed by atoms with van der Waals surface area (Å²) in [6.07, 6.45) is 3.09. The second-order valence-electron chi connectivity index (χ2n) is 8.56. The Hall–Kier alpha value is -2.86. The summed E-state index contributed by atoms with van der Waals surface area (Å²) < 4.78 is 0. The number of nitrogens with one attached hydrogen (secondary N) is 3. The first kappa shape index (κ1) is 23.8. The summed E-state index contributed by atoms with van der Waals surface area (Å²) >= 11 is 0. The number of rotatable bonds is 8. The van der Waals surface area contributed by atoms with Gasteiger partial charge in [-0.25, -0.2) is 0 Å². The van der Waals surface area contributed by atoms with E-state index >= 15 is 0 Å². The van der Waals surface area contributed by atoms with Crippen LogP contribution in [0.25, 0.3) is 0 Å². The van der Waals surface area contributed by atoms with Crippen LogP contribution in [-0.4, -0.2) is 48.5 Å². The molecule has 1 heterocycles. The van der Waals surface area contributed by atoms with E-state index in [0.29, 0.717) is 12.1 Å². The van der Waals surface area contributed by atoms with Crippen molar-refractivity contribution in [3.8, 4) is 0 Å². The standard InChI is InChI=1S/C26H37N5O/c1-4-27-26(28-16-14-22-10-12-24(13-11-22)29-21(3)32)30-25-15-17-31(20(2)18-25)19-23-8-6-5-7-9-23/h5-13,20,25H,4,14-19H2,1-3H3,(H,29,32)(H2,27,28,30). The first-order valence-electron chi connectivity index (χ1n) is 11.7. The van der Waals surface area contributed by atoms with Crippen LogP contribution >= 0.6 is 0 Å². The molecule has 1 fully saturated rings. The summed E-state index contributed by atoms with van der Waals surface area (Å²) in [6, 6.07) is 19.7. The molecule has 172 valence electrons. The lowest BCUT2D eigenvalue weighted by molar-refractivity contribution is -0.114. The van der Waals surface area contributed by atoms with Crippen molar-refractivity contribution in [2.24, 2.45) is 4.99 Å². The molecule has 0 aliphatic carbocycles. The molecule has 1 amide bonds. The molecule has 1 aliphatic rings. The fourth-order valence-corrected chi connectivity index (χ4v) is 4.17. The normalized spacial score (nSPS) is 19.4. The van der Waals surface area contributed by atoms with E-state index in [9.17, 15) is 4.79 Å². The second-order valence-corrected chi connectivity index (χ2v) is 8.56. The Labute approximate surface area is 192 Å². The Balaban J connectivity index is 1.48. The molecule has 1 saturated heterocycles. The molecule has 3 N–H and O–H groups in total. The molecular weight excluding hydrogens is 398 g/mol. The van der Waals surface area contributed by atoms with Gasteiger partial charge in [0.1, 0.15) is 0 Å². The van der Waals surface area contributed by atoms with Crippen LogP contribution in [0.5, 0.6) is 0 Å². The van der Waals surface area contributed by atoms with Gasteiger partial charge < -0.3 is 16.0 Å². The Morgan fingerprint density at radius 3 is 2.50 bits per heavy atom. The molecule has 2 unspecified atom stereocenters. The van der Waals surface area contributed by atoms with E-state index in [-0.39, 0.29) is 5.91 Å². The third-order valence-electron chi connectivity index (χ3n) is 5.87. The van der Waals surface area contributed by atoms with E-state index in [4.69, 9.17) is 4.99 Å². The molecule has 0 bridgehead atoms. The SMILES string of the molecule is CCNC(=NCCc1ccc(NC(C)=O)cc1)NC1CCN(Cc2ccccc2)C(C)C1. The predicted octanol–water partition coefficient (Wildman–Crippen LogP) is 3.80. The molecule has 3 rings (SSSR count). The summed E-state index contributed by atoms with van der Waals surface area (Å²) in [5.74, 6) is 0.847. The number of benzene rings is 2. The molecule has 2 aromatic carbocycles. The van der Waals surface area contributed by atoms with Crippen molar-refractivity contribution in [2.45, 2.75) is 58.7 Å². The van der Waals surface area contributed by atoms with Crippen LogP contribution in [0.4, 0.5) is 5.69 Å². The van der Waals surface area contributed by atoms with E-state index in [0.717, 1.165) is 57.1 Å². The Bertz CT molecular complexity index is 866. The summed E-state index contributed by atoms with van der Waals surface area (Å²) in [5.41, 5.74) is 3.42. The highest BCUT2D eigenvalue weighted by molar-refractivity contribution is 5.88. The van der Waals surface area contributed by atoms with Crippen LogP contribution in [0.15, 0.2) is 59.6 Å². The monoisotopic (exact) mass is 435 g/mol. The van der Waals surface area contributed by atoms with Crippen LogP contribution in [0.1, 0.15) is 44.7 Å². The molecule has 0 radical (unpaired) electrons. The fourth-order valence-electron chi connectivity index (χ4n) is 4.17. The second kappa shape index (κ2) is 12.2. The highest BCUT2D eigenvalue weighted by Crippen LogP contribution is 2.20. The van der Waals surface area contributed by atoms with Crippen molar-refractivity contribution in [2.75, 3.05) is 25.0 Å². The minimum Gasteiger partial charge on any atom is -0.357 e. The van der Waals surface area contributed by atoms with Crippen molar-refractivity contribution >= 4 is 17.6 Å². The van der Waals surface area contributed by atoms with Gasteiger partial charge in [0, 0.05) is 50.9 Å². The molecule has 32 heavy (non-hydrogen) atoms. The molecule has 0 saturated carbocycles. The van der Waals surface area contributed by atoms with Gasteiger partial charge in [-0.05, 0) is 56.4 Å². The molecule has 2 atom stereocenters. The Kier molecular flexibility index (Phi) is 9.11. The molecule has 1 aliphatic heterocycles. The quantitative estimate of drug-likeness (QED) is 0.436. The van der Waals surface area contributed by atoms with Gasteiger partial charge >= 0.3 is 0 Å². The van der Waals surface area contributed by atoms with Crippen molar-refractivity contribution in [1.29, 1.82) is 0 Å². The number of hydrogen-bond acceptors (Lipinski definition) is 3.